The van der Waals surface area contributed by atoms with Crippen molar-refractivity contribution in [2.45, 2.75) is 6.92 Å². The molecular weight excluding hydrogens is 410 g/mol. The van der Waals surface area contributed by atoms with Gasteiger partial charge in [0, 0.05) is 16.5 Å². The van der Waals surface area contributed by atoms with E-state index in [2.05, 4.69) is 126 Å². The lowest BCUT2D eigenvalue weighted by Crippen LogP contribution is -1.93. The standard InChI is InChI=1S/C33H25N/c1-3-9-24-20-25(15-14-23(24)4-2)26-16-17-28-22-29(19-18-27(28)21-26)34-32-12-7-5-10-30(32)31-11-6-8-13-33(31)34/h3-22H,2H2,1H3/b9-3-. The fourth-order valence-electron chi connectivity index (χ4n) is 5.02. The lowest BCUT2D eigenvalue weighted by molar-refractivity contribution is 1.19. The molecule has 1 nitrogen and oxygen atoms in total. The Morgan fingerprint density at radius 3 is 1.94 bits per heavy atom. The summed E-state index contributed by atoms with van der Waals surface area (Å²) in [5, 5.41) is 5.05. The fourth-order valence-corrected chi connectivity index (χ4v) is 5.02. The molecule has 0 atom stereocenters. The summed E-state index contributed by atoms with van der Waals surface area (Å²) in [6, 6.07) is 37.4. The first-order valence-electron chi connectivity index (χ1n) is 11.7. The highest BCUT2D eigenvalue weighted by Gasteiger charge is 2.12. The lowest BCUT2D eigenvalue weighted by atomic mass is 9.96. The first-order chi connectivity index (χ1) is 16.8. The van der Waals surface area contributed by atoms with Crippen LogP contribution < -0.4 is 0 Å². The monoisotopic (exact) mass is 435 g/mol. The Balaban J connectivity index is 1.48. The SMILES string of the molecule is C=Cc1ccc(-c2ccc3cc(-n4c5ccccc5c5ccccc54)ccc3c2)cc1/C=C\C. The molecule has 1 aromatic heterocycles. The molecule has 162 valence electrons. The molecule has 0 radical (unpaired) electrons. The van der Waals surface area contributed by atoms with E-state index >= 15 is 0 Å². The third-order valence-corrected chi connectivity index (χ3v) is 6.65. The molecule has 0 aliphatic heterocycles. The number of aromatic nitrogens is 1. The highest BCUT2D eigenvalue weighted by molar-refractivity contribution is 6.09. The summed E-state index contributed by atoms with van der Waals surface area (Å²) in [4.78, 5) is 0. The molecular formula is C33H25N. The van der Waals surface area contributed by atoms with Crippen LogP contribution in [-0.2, 0) is 0 Å². The molecule has 1 heteroatoms. The summed E-state index contributed by atoms with van der Waals surface area (Å²) in [5.74, 6) is 0. The molecule has 0 aliphatic carbocycles. The van der Waals surface area contributed by atoms with Crippen molar-refractivity contribution in [3.8, 4) is 16.8 Å². The van der Waals surface area contributed by atoms with Crippen LogP contribution in [0, 0.1) is 0 Å². The Bertz CT molecular complexity index is 1680. The molecule has 0 saturated heterocycles. The molecule has 6 rings (SSSR count). The van der Waals surface area contributed by atoms with E-state index in [1.54, 1.807) is 0 Å². The number of fused-ring (bicyclic) bond motifs is 4. The maximum atomic E-state index is 3.95. The molecule has 34 heavy (non-hydrogen) atoms. The van der Waals surface area contributed by atoms with Crippen molar-refractivity contribution in [3.63, 3.8) is 0 Å². The number of allylic oxidation sites excluding steroid dienone is 1. The number of hydrogen-bond donors (Lipinski definition) is 0. The molecule has 0 N–H and O–H groups in total. The van der Waals surface area contributed by atoms with Crippen molar-refractivity contribution in [1.82, 2.24) is 4.57 Å². The summed E-state index contributed by atoms with van der Waals surface area (Å²) in [6.45, 7) is 5.99. The molecule has 0 spiro atoms. The number of para-hydroxylation sites is 2. The van der Waals surface area contributed by atoms with Gasteiger partial charge in [-0.1, -0.05) is 91.5 Å². The van der Waals surface area contributed by atoms with Crippen LogP contribution in [0.25, 0.3) is 61.5 Å². The second-order valence-corrected chi connectivity index (χ2v) is 8.66. The molecule has 0 aliphatic rings. The van der Waals surface area contributed by atoms with Crippen LogP contribution in [0.5, 0.6) is 0 Å². The van der Waals surface area contributed by atoms with E-state index in [0.717, 1.165) is 5.56 Å². The average molecular weight is 436 g/mol. The van der Waals surface area contributed by atoms with E-state index in [0.29, 0.717) is 0 Å². The van der Waals surface area contributed by atoms with Gasteiger partial charge in [-0.2, -0.15) is 0 Å². The zero-order valence-corrected chi connectivity index (χ0v) is 19.2. The van der Waals surface area contributed by atoms with Crippen molar-refractivity contribution in [2.75, 3.05) is 0 Å². The van der Waals surface area contributed by atoms with Gasteiger partial charge in [-0.25, -0.2) is 0 Å². The third kappa shape index (κ3) is 3.25. The van der Waals surface area contributed by atoms with Crippen molar-refractivity contribution in [3.05, 3.63) is 127 Å². The predicted octanol–water partition coefficient (Wildman–Crippen LogP) is 9.28. The van der Waals surface area contributed by atoms with Gasteiger partial charge >= 0.3 is 0 Å². The van der Waals surface area contributed by atoms with Gasteiger partial charge in [-0.3, -0.25) is 0 Å². The van der Waals surface area contributed by atoms with Gasteiger partial charge in [0.15, 0.2) is 0 Å². The topological polar surface area (TPSA) is 4.93 Å². The zero-order chi connectivity index (χ0) is 23.1. The smallest absolute Gasteiger partial charge is 0.0541 e. The van der Waals surface area contributed by atoms with Crippen molar-refractivity contribution < 1.29 is 0 Å². The van der Waals surface area contributed by atoms with Crippen molar-refractivity contribution in [2.24, 2.45) is 0 Å². The van der Waals surface area contributed by atoms with Crippen LogP contribution in [0.4, 0.5) is 0 Å². The predicted molar refractivity (Wildman–Crippen MR) is 149 cm³/mol. The van der Waals surface area contributed by atoms with Crippen LogP contribution in [0.1, 0.15) is 18.1 Å². The molecule has 6 aromatic rings. The van der Waals surface area contributed by atoms with Gasteiger partial charge in [0.25, 0.3) is 0 Å². The summed E-state index contributed by atoms with van der Waals surface area (Å²) < 4.78 is 2.37. The minimum Gasteiger partial charge on any atom is -0.309 e. The van der Waals surface area contributed by atoms with E-state index in [1.165, 1.54) is 55.0 Å². The third-order valence-electron chi connectivity index (χ3n) is 6.65. The van der Waals surface area contributed by atoms with Gasteiger partial charge in [-0.05, 0) is 76.3 Å². The molecule has 0 amide bonds. The zero-order valence-electron chi connectivity index (χ0n) is 19.2. The summed E-state index contributed by atoms with van der Waals surface area (Å²) in [5.41, 5.74) is 8.43. The van der Waals surface area contributed by atoms with E-state index in [1.807, 2.05) is 13.0 Å². The van der Waals surface area contributed by atoms with Crippen molar-refractivity contribution in [1.29, 1.82) is 0 Å². The Morgan fingerprint density at radius 2 is 1.24 bits per heavy atom. The van der Waals surface area contributed by atoms with Crippen LogP contribution in [-0.4, -0.2) is 4.57 Å². The van der Waals surface area contributed by atoms with Gasteiger partial charge < -0.3 is 4.57 Å². The molecule has 5 aromatic carbocycles. The molecule has 1 heterocycles. The Labute approximate surface area is 199 Å². The van der Waals surface area contributed by atoms with E-state index in [4.69, 9.17) is 0 Å². The quantitative estimate of drug-likeness (QED) is 0.260. The van der Waals surface area contributed by atoms with Crippen LogP contribution >= 0.6 is 0 Å². The van der Waals surface area contributed by atoms with Gasteiger partial charge in [-0.15, -0.1) is 0 Å². The van der Waals surface area contributed by atoms with Crippen LogP contribution in [0.3, 0.4) is 0 Å². The highest BCUT2D eigenvalue weighted by atomic mass is 15.0. The lowest BCUT2D eigenvalue weighted by Gasteiger charge is -2.11. The normalized spacial score (nSPS) is 11.7. The van der Waals surface area contributed by atoms with E-state index in [9.17, 15) is 0 Å². The molecule has 0 saturated carbocycles. The minimum atomic E-state index is 1.15. The average Bonchev–Trinajstić information content (AvgIpc) is 3.23. The van der Waals surface area contributed by atoms with E-state index < -0.39 is 0 Å². The first-order valence-corrected chi connectivity index (χ1v) is 11.7. The highest BCUT2D eigenvalue weighted by Crippen LogP contribution is 2.34. The summed E-state index contributed by atoms with van der Waals surface area (Å²) in [7, 11) is 0. The van der Waals surface area contributed by atoms with Gasteiger partial charge in [0.2, 0.25) is 0 Å². The molecule has 0 bridgehead atoms. The summed E-state index contributed by atoms with van der Waals surface area (Å²) >= 11 is 0. The second-order valence-electron chi connectivity index (χ2n) is 8.66. The van der Waals surface area contributed by atoms with Gasteiger partial charge in [0.1, 0.15) is 0 Å². The second kappa shape index (κ2) is 8.20. The Kier molecular flexibility index (Phi) is 4.89. The Hall–Kier alpha value is -4.36. The van der Waals surface area contributed by atoms with Gasteiger partial charge in [0.05, 0.1) is 11.0 Å². The maximum absolute atomic E-state index is 3.95. The maximum Gasteiger partial charge on any atom is 0.0541 e. The number of nitrogens with zero attached hydrogens (tertiary/aromatic N) is 1. The number of hydrogen-bond acceptors (Lipinski definition) is 0. The van der Waals surface area contributed by atoms with Crippen LogP contribution in [0.15, 0.2) is 116 Å². The summed E-state index contributed by atoms with van der Waals surface area (Å²) in [6.07, 6.45) is 6.12. The van der Waals surface area contributed by atoms with E-state index in [-0.39, 0.29) is 0 Å². The largest absolute Gasteiger partial charge is 0.309 e. The molecule has 0 fully saturated rings. The fraction of sp³-hybridized carbons (Fsp3) is 0.0303. The van der Waals surface area contributed by atoms with Crippen LogP contribution in [0.2, 0.25) is 0 Å². The van der Waals surface area contributed by atoms with Crippen molar-refractivity contribution >= 4 is 44.7 Å². The Morgan fingerprint density at radius 1 is 0.618 bits per heavy atom. The number of benzene rings is 5. The minimum absolute atomic E-state index is 1.15. The first kappa shape index (κ1) is 20.3. The number of rotatable bonds is 4. The molecule has 0 unspecified atom stereocenters.